The van der Waals surface area contributed by atoms with E-state index in [1.807, 2.05) is 18.7 Å². The van der Waals surface area contributed by atoms with Crippen molar-refractivity contribution in [2.24, 2.45) is 0 Å². The highest BCUT2D eigenvalue weighted by molar-refractivity contribution is 8.00. The predicted molar refractivity (Wildman–Crippen MR) is 86.1 cm³/mol. The predicted octanol–water partition coefficient (Wildman–Crippen LogP) is 2.90. The van der Waals surface area contributed by atoms with E-state index in [4.69, 9.17) is 0 Å². The highest BCUT2D eigenvalue weighted by Crippen LogP contribution is 2.40. The third kappa shape index (κ3) is 3.55. The molecule has 0 spiro atoms. The van der Waals surface area contributed by atoms with Crippen molar-refractivity contribution in [3.05, 3.63) is 16.4 Å². The van der Waals surface area contributed by atoms with Crippen LogP contribution in [0.2, 0.25) is 0 Å². The number of thioether (sulfide) groups is 1. The van der Waals surface area contributed by atoms with E-state index in [1.165, 1.54) is 19.2 Å². The van der Waals surface area contributed by atoms with Crippen molar-refractivity contribution < 1.29 is 4.92 Å². The smallest absolute Gasteiger partial charge is 0.353 e. The molecule has 0 atom stereocenters. The molecule has 0 unspecified atom stereocenters. The number of nitro groups is 1. The number of rotatable bonds is 7. The molecular weight excluding hydrogens is 290 g/mol. The van der Waals surface area contributed by atoms with Crippen LogP contribution in [0.3, 0.4) is 0 Å². The lowest BCUT2D eigenvalue weighted by atomic mass is 10.1. The Morgan fingerprint density at radius 2 is 1.95 bits per heavy atom. The summed E-state index contributed by atoms with van der Waals surface area (Å²) in [7, 11) is 0. The Morgan fingerprint density at radius 1 is 1.33 bits per heavy atom. The first-order valence-electron chi connectivity index (χ1n) is 7.14. The van der Waals surface area contributed by atoms with Gasteiger partial charge in [-0.05, 0) is 26.0 Å². The van der Waals surface area contributed by atoms with Gasteiger partial charge in [-0.2, -0.15) is 11.8 Å². The lowest BCUT2D eigenvalue weighted by molar-refractivity contribution is -0.383. The van der Waals surface area contributed by atoms with Gasteiger partial charge in [0.2, 0.25) is 11.6 Å². The molecule has 1 aliphatic carbocycles. The van der Waals surface area contributed by atoms with Crippen LogP contribution in [0.5, 0.6) is 0 Å². The van der Waals surface area contributed by atoms with Crippen LogP contribution in [0.1, 0.15) is 32.6 Å². The number of anilines is 2. The maximum Gasteiger partial charge on any atom is 0.353 e. The van der Waals surface area contributed by atoms with Crippen molar-refractivity contribution in [3.8, 4) is 0 Å². The van der Waals surface area contributed by atoms with Gasteiger partial charge < -0.3 is 10.6 Å². The first-order chi connectivity index (χ1) is 10.1. The fourth-order valence-electron chi connectivity index (χ4n) is 2.70. The summed E-state index contributed by atoms with van der Waals surface area (Å²) in [6.45, 7) is 3.14. The molecule has 2 rings (SSSR count). The quantitative estimate of drug-likeness (QED) is 0.590. The molecule has 0 aliphatic heterocycles. The minimum absolute atomic E-state index is 0.0754. The number of aromatic nitrogens is 2. The maximum atomic E-state index is 11.3. The molecule has 0 aromatic carbocycles. The highest BCUT2D eigenvalue weighted by Gasteiger charge is 2.34. The molecule has 1 fully saturated rings. The summed E-state index contributed by atoms with van der Waals surface area (Å²) in [4.78, 5) is 18.9. The maximum absolute atomic E-state index is 11.3. The Balaban J connectivity index is 2.19. The zero-order valence-corrected chi connectivity index (χ0v) is 13.2. The molecule has 0 amide bonds. The van der Waals surface area contributed by atoms with Crippen LogP contribution in [-0.4, -0.2) is 39.0 Å². The van der Waals surface area contributed by atoms with Crippen molar-refractivity contribution >= 4 is 29.1 Å². The van der Waals surface area contributed by atoms with Crippen molar-refractivity contribution in [1.82, 2.24) is 9.97 Å². The summed E-state index contributed by atoms with van der Waals surface area (Å²) in [5, 5.41) is 17.4. The monoisotopic (exact) mass is 311 g/mol. The lowest BCUT2D eigenvalue weighted by Gasteiger charge is -2.27. The largest absolute Gasteiger partial charge is 0.364 e. The van der Waals surface area contributed by atoms with Crippen LogP contribution in [0.15, 0.2) is 6.33 Å². The van der Waals surface area contributed by atoms with Crippen molar-refractivity contribution in [3.63, 3.8) is 0 Å². The first-order valence-corrected chi connectivity index (χ1v) is 8.36. The summed E-state index contributed by atoms with van der Waals surface area (Å²) in [5.41, 5.74) is -0.0754. The summed E-state index contributed by atoms with van der Waals surface area (Å²) in [6, 6.07) is 0. The van der Waals surface area contributed by atoms with Gasteiger partial charge in [0.05, 0.1) is 4.92 Å². The van der Waals surface area contributed by atoms with Gasteiger partial charge in [0.1, 0.15) is 6.33 Å². The second kappa shape index (κ2) is 6.93. The van der Waals surface area contributed by atoms with Crippen LogP contribution in [0.4, 0.5) is 17.3 Å². The molecule has 8 heteroatoms. The minimum atomic E-state index is -0.430. The van der Waals surface area contributed by atoms with Gasteiger partial charge in [-0.15, -0.1) is 0 Å². The standard InChI is InChI=1S/C13H21N5O2S/c1-3-14-11-10(18(19)20)12(17-9-16-11)15-8-13(21-2)6-4-5-7-13/h9H,3-8H2,1-2H3,(H2,14,15,16,17). The Morgan fingerprint density at radius 3 is 2.48 bits per heavy atom. The normalized spacial score (nSPS) is 16.7. The number of nitrogens with zero attached hydrogens (tertiary/aromatic N) is 3. The summed E-state index contributed by atoms with van der Waals surface area (Å²) in [6.07, 6.45) is 8.17. The van der Waals surface area contributed by atoms with Crippen LogP contribution in [-0.2, 0) is 0 Å². The highest BCUT2D eigenvalue weighted by atomic mass is 32.2. The van der Waals surface area contributed by atoms with Crippen LogP contribution >= 0.6 is 11.8 Å². The minimum Gasteiger partial charge on any atom is -0.364 e. The molecule has 2 N–H and O–H groups in total. The number of hydrogen-bond acceptors (Lipinski definition) is 7. The Labute approximate surface area is 128 Å². The zero-order chi connectivity index (χ0) is 15.3. The SMILES string of the molecule is CCNc1ncnc(NCC2(SC)CCCC2)c1[N+](=O)[O-]. The van der Waals surface area contributed by atoms with Gasteiger partial charge in [0.15, 0.2) is 0 Å². The molecule has 0 bridgehead atoms. The fraction of sp³-hybridized carbons (Fsp3) is 0.692. The molecule has 0 radical (unpaired) electrons. The fourth-order valence-corrected chi connectivity index (χ4v) is 3.61. The lowest BCUT2D eigenvalue weighted by Crippen LogP contribution is -2.30. The summed E-state index contributed by atoms with van der Waals surface area (Å²) in [5.74, 6) is 0.566. The Kier molecular flexibility index (Phi) is 5.22. The van der Waals surface area contributed by atoms with Gasteiger partial charge >= 0.3 is 5.69 Å². The molecule has 1 aromatic rings. The average Bonchev–Trinajstić information content (AvgIpc) is 2.95. The van der Waals surface area contributed by atoms with Gasteiger partial charge in [0.25, 0.3) is 0 Å². The third-order valence-electron chi connectivity index (χ3n) is 3.87. The molecule has 7 nitrogen and oxygen atoms in total. The average molecular weight is 311 g/mol. The third-order valence-corrected chi connectivity index (χ3v) is 5.29. The second-order valence-electron chi connectivity index (χ2n) is 5.15. The van der Waals surface area contributed by atoms with E-state index in [-0.39, 0.29) is 16.3 Å². The summed E-state index contributed by atoms with van der Waals surface area (Å²) < 4.78 is 0.164. The van der Waals surface area contributed by atoms with E-state index in [0.717, 1.165) is 12.8 Å². The van der Waals surface area contributed by atoms with E-state index in [0.29, 0.717) is 18.9 Å². The van der Waals surface area contributed by atoms with Crippen LogP contribution in [0.25, 0.3) is 0 Å². The molecule has 1 saturated carbocycles. The molecule has 116 valence electrons. The van der Waals surface area contributed by atoms with Gasteiger partial charge in [-0.1, -0.05) is 12.8 Å². The van der Waals surface area contributed by atoms with Crippen LogP contribution < -0.4 is 10.6 Å². The number of hydrogen-bond donors (Lipinski definition) is 2. The van der Waals surface area contributed by atoms with Crippen LogP contribution in [0, 0.1) is 10.1 Å². The van der Waals surface area contributed by atoms with Crippen molar-refractivity contribution in [1.29, 1.82) is 0 Å². The number of nitrogens with one attached hydrogen (secondary N) is 2. The Bertz CT molecular complexity index is 505. The molecule has 21 heavy (non-hydrogen) atoms. The summed E-state index contributed by atoms with van der Waals surface area (Å²) >= 11 is 1.84. The Hall–Kier alpha value is -1.57. The molecule has 1 heterocycles. The first kappa shape index (κ1) is 15.8. The van der Waals surface area contributed by atoms with E-state index in [9.17, 15) is 10.1 Å². The van der Waals surface area contributed by atoms with Crippen molar-refractivity contribution in [2.45, 2.75) is 37.4 Å². The van der Waals surface area contributed by atoms with Gasteiger partial charge in [-0.25, -0.2) is 9.97 Å². The molecule has 0 saturated heterocycles. The molecule has 1 aromatic heterocycles. The zero-order valence-electron chi connectivity index (χ0n) is 12.4. The van der Waals surface area contributed by atoms with E-state index in [2.05, 4.69) is 26.9 Å². The van der Waals surface area contributed by atoms with E-state index < -0.39 is 4.92 Å². The van der Waals surface area contributed by atoms with Crippen molar-refractivity contribution in [2.75, 3.05) is 30.0 Å². The van der Waals surface area contributed by atoms with E-state index in [1.54, 1.807) is 0 Å². The molecular formula is C13H21N5O2S. The van der Waals surface area contributed by atoms with E-state index >= 15 is 0 Å². The van der Waals surface area contributed by atoms with Gasteiger partial charge in [0, 0.05) is 17.8 Å². The topological polar surface area (TPSA) is 93.0 Å². The second-order valence-corrected chi connectivity index (χ2v) is 6.43. The van der Waals surface area contributed by atoms with Gasteiger partial charge in [-0.3, -0.25) is 10.1 Å². The molecule has 1 aliphatic rings.